The first-order chi connectivity index (χ1) is 9.76. The molecular formula is C15H19N3O2. The monoisotopic (exact) mass is 273 g/mol. The molecule has 5 nitrogen and oxygen atoms in total. The number of hydrogen-bond acceptors (Lipinski definition) is 4. The Kier molecular flexibility index (Phi) is 4.87. The summed E-state index contributed by atoms with van der Waals surface area (Å²) < 4.78 is 6.67. The third-order valence-electron chi connectivity index (χ3n) is 2.87. The molecule has 0 saturated heterocycles. The zero-order chi connectivity index (χ0) is 14.4. The summed E-state index contributed by atoms with van der Waals surface area (Å²) in [7, 11) is 0. The Hall–Kier alpha value is -2.17. The summed E-state index contributed by atoms with van der Waals surface area (Å²) in [5, 5.41) is 4.16. The number of carbonyl (C=O) groups is 1. The van der Waals surface area contributed by atoms with Crippen molar-refractivity contribution in [3.8, 4) is 17.4 Å². The van der Waals surface area contributed by atoms with E-state index < -0.39 is 0 Å². The molecule has 0 aliphatic heterocycles. The van der Waals surface area contributed by atoms with Gasteiger partial charge in [0.1, 0.15) is 0 Å². The molecule has 0 saturated carbocycles. The summed E-state index contributed by atoms with van der Waals surface area (Å²) in [4.78, 5) is 16.5. The second-order valence-electron chi connectivity index (χ2n) is 4.43. The number of ether oxygens (including phenoxy) is 1. The quantitative estimate of drug-likeness (QED) is 0.811. The van der Waals surface area contributed by atoms with Gasteiger partial charge in [0.25, 0.3) is 0 Å². The van der Waals surface area contributed by atoms with Crippen LogP contribution in [0.2, 0.25) is 0 Å². The third-order valence-corrected chi connectivity index (χ3v) is 2.87. The van der Waals surface area contributed by atoms with E-state index in [4.69, 9.17) is 4.74 Å². The second-order valence-corrected chi connectivity index (χ2v) is 4.43. The van der Waals surface area contributed by atoms with E-state index in [0.717, 1.165) is 18.4 Å². The molecule has 0 atom stereocenters. The fourth-order valence-electron chi connectivity index (χ4n) is 1.87. The second kappa shape index (κ2) is 6.84. The number of nitrogens with zero attached hydrogens (tertiary/aromatic N) is 3. The SMILES string of the molecule is CCCCC(=O)n1nc(OCC)nc1-c1ccccc1. The molecule has 1 aromatic carbocycles. The van der Waals surface area contributed by atoms with Crippen molar-refractivity contribution in [2.75, 3.05) is 6.61 Å². The fourth-order valence-corrected chi connectivity index (χ4v) is 1.87. The van der Waals surface area contributed by atoms with Crippen molar-refractivity contribution in [3.05, 3.63) is 30.3 Å². The molecule has 20 heavy (non-hydrogen) atoms. The van der Waals surface area contributed by atoms with Gasteiger partial charge in [-0.1, -0.05) is 43.7 Å². The van der Waals surface area contributed by atoms with E-state index in [-0.39, 0.29) is 11.9 Å². The lowest BCUT2D eigenvalue weighted by molar-refractivity contribution is 0.0883. The lowest BCUT2D eigenvalue weighted by Gasteiger charge is -2.03. The number of benzene rings is 1. The number of hydrogen-bond donors (Lipinski definition) is 0. The van der Waals surface area contributed by atoms with Gasteiger partial charge in [0.05, 0.1) is 6.61 Å². The summed E-state index contributed by atoms with van der Waals surface area (Å²) in [6.07, 6.45) is 2.28. The highest BCUT2D eigenvalue weighted by molar-refractivity contribution is 5.82. The van der Waals surface area contributed by atoms with Crippen LogP contribution in [0.4, 0.5) is 0 Å². The molecular weight excluding hydrogens is 254 g/mol. The molecule has 0 radical (unpaired) electrons. The van der Waals surface area contributed by atoms with Crippen LogP contribution in [0.5, 0.6) is 6.01 Å². The minimum Gasteiger partial charge on any atom is -0.463 e. The maximum absolute atomic E-state index is 12.2. The van der Waals surface area contributed by atoms with E-state index in [2.05, 4.69) is 17.0 Å². The van der Waals surface area contributed by atoms with Crippen LogP contribution >= 0.6 is 0 Å². The van der Waals surface area contributed by atoms with Gasteiger partial charge in [0.15, 0.2) is 5.82 Å². The van der Waals surface area contributed by atoms with Crippen molar-refractivity contribution < 1.29 is 9.53 Å². The van der Waals surface area contributed by atoms with Crippen LogP contribution in [-0.2, 0) is 0 Å². The summed E-state index contributed by atoms with van der Waals surface area (Å²) in [6.45, 7) is 4.39. The third kappa shape index (κ3) is 3.23. The Morgan fingerprint density at radius 3 is 2.65 bits per heavy atom. The molecule has 2 rings (SSSR count). The van der Waals surface area contributed by atoms with Crippen molar-refractivity contribution >= 4 is 5.91 Å². The number of aromatic nitrogens is 3. The van der Waals surface area contributed by atoms with Gasteiger partial charge >= 0.3 is 6.01 Å². The van der Waals surface area contributed by atoms with Crippen molar-refractivity contribution in [2.45, 2.75) is 33.1 Å². The largest absolute Gasteiger partial charge is 0.463 e. The first-order valence-electron chi connectivity index (χ1n) is 6.94. The van der Waals surface area contributed by atoms with E-state index >= 15 is 0 Å². The first kappa shape index (κ1) is 14.2. The highest BCUT2D eigenvalue weighted by Gasteiger charge is 2.17. The number of unbranched alkanes of at least 4 members (excludes halogenated alkanes) is 1. The Morgan fingerprint density at radius 1 is 1.25 bits per heavy atom. The lowest BCUT2D eigenvalue weighted by atomic mass is 10.2. The predicted molar refractivity (Wildman–Crippen MR) is 76.8 cm³/mol. The number of carbonyl (C=O) groups excluding carboxylic acids is 1. The molecule has 0 unspecified atom stereocenters. The minimum atomic E-state index is -0.0517. The topological polar surface area (TPSA) is 57.0 Å². The van der Waals surface area contributed by atoms with Gasteiger partial charge in [0, 0.05) is 12.0 Å². The molecule has 0 spiro atoms. The van der Waals surface area contributed by atoms with Crippen LogP contribution in [0.25, 0.3) is 11.4 Å². The molecule has 0 aliphatic carbocycles. The normalized spacial score (nSPS) is 10.5. The lowest BCUT2D eigenvalue weighted by Crippen LogP contribution is -2.13. The summed E-state index contributed by atoms with van der Waals surface area (Å²) >= 11 is 0. The average Bonchev–Trinajstić information content (AvgIpc) is 2.90. The Morgan fingerprint density at radius 2 is 2.00 bits per heavy atom. The molecule has 106 valence electrons. The molecule has 0 N–H and O–H groups in total. The molecule has 0 fully saturated rings. The van der Waals surface area contributed by atoms with Crippen LogP contribution in [0.3, 0.4) is 0 Å². The van der Waals surface area contributed by atoms with E-state index in [9.17, 15) is 4.79 Å². The van der Waals surface area contributed by atoms with Gasteiger partial charge in [0.2, 0.25) is 5.91 Å². The van der Waals surface area contributed by atoms with Crippen molar-refractivity contribution in [2.24, 2.45) is 0 Å². The van der Waals surface area contributed by atoms with Gasteiger partial charge in [-0.15, -0.1) is 5.10 Å². The minimum absolute atomic E-state index is 0.0517. The smallest absolute Gasteiger partial charge is 0.336 e. The van der Waals surface area contributed by atoms with E-state index in [1.807, 2.05) is 37.3 Å². The van der Waals surface area contributed by atoms with Gasteiger partial charge in [-0.25, -0.2) is 0 Å². The predicted octanol–water partition coefficient (Wildman–Crippen LogP) is 3.17. The van der Waals surface area contributed by atoms with Gasteiger partial charge in [-0.3, -0.25) is 4.79 Å². The van der Waals surface area contributed by atoms with Gasteiger partial charge in [-0.05, 0) is 13.3 Å². The zero-order valence-electron chi connectivity index (χ0n) is 11.9. The molecule has 0 amide bonds. The Bertz CT molecular complexity index is 564. The van der Waals surface area contributed by atoms with Crippen LogP contribution in [0.1, 0.15) is 37.9 Å². The summed E-state index contributed by atoms with van der Waals surface area (Å²) in [5.41, 5.74) is 0.857. The Balaban J connectivity index is 2.35. The van der Waals surface area contributed by atoms with Crippen molar-refractivity contribution in [1.29, 1.82) is 0 Å². The highest BCUT2D eigenvalue weighted by atomic mass is 16.5. The molecule has 2 aromatic rings. The van der Waals surface area contributed by atoms with Crippen molar-refractivity contribution in [1.82, 2.24) is 14.8 Å². The van der Waals surface area contributed by atoms with Crippen LogP contribution in [-0.4, -0.2) is 27.3 Å². The van der Waals surface area contributed by atoms with E-state index in [0.29, 0.717) is 18.9 Å². The fraction of sp³-hybridized carbons (Fsp3) is 0.400. The summed E-state index contributed by atoms with van der Waals surface area (Å²) in [6, 6.07) is 9.80. The highest BCUT2D eigenvalue weighted by Crippen LogP contribution is 2.20. The maximum atomic E-state index is 12.2. The van der Waals surface area contributed by atoms with Gasteiger partial charge in [-0.2, -0.15) is 9.67 Å². The zero-order valence-corrected chi connectivity index (χ0v) is 11.9. The Labute approximate surface area is 118 Å². The van der Waals surface area contributed by atoms with Crippen molar-refractivity contribution in [3.63, 3.8) is 0 Å². The molecule has 0 bridgehead atoms. The standard InChI is InChI=1S/C15H19N3O2/c1-3-5-11-13(19)18-14(12-9-7-6-8-10-12)16-15(17-18)20-4-2/h6-10H,3-5,11H2,1-2H3. The summed E-state index contributed by atoms with van der Waals surface area (Å²) in [5.74, 6) is 0.485. The first-order valence-corrected chi connectivity index (χ1v) is 6.94. The van der Waals surface area contributed by atoms with E-state index in [1.165, 1.54) is 4.68 Å². The van der Waals surface area contributed by atoms with Crippen LogP contribution < -0.4 is 4.74 Å². The maximum Gasteiger partial charge on any atom is 0.336 e. The molecule has 1 aromatic heterocycles. The molecule has 0 aliphatic rings. The van der Waals surface area contributed by atoms with Gasteiger partial charge < -0.3 is 4.74 Å². The average molecular weight is 273 g/mol. The van der Waals surface area contributed by atoms with Crippen LogP contribution in [0.15, 0.2) is 30.3 Å². The van der Waals surface area contributed by atoms with Crippen LogP contribution in [0, 0.1) is 0 Å². The molecule has 1 heterocycles. The van der Waals surface area contributed by atoms with E-state index in [1.54, 1.807) is 0 Å². The molecule has 5 heteroatoms. The number of rotatable bonds is 6.